The summed E-state index contributed by atoms with van der Waals surface area (Å²) in [4.78, 5) is 11.6. The van der Waals surface area contributed by atoms with Crippen LogP contribution in [0.3, 0.4) is 0 Å². The van der Waals surface area contributed by atoms with Crippen LogP contribution in [0.5, 0.6) is 0 Å². The molecule has 1 radical (unpaired) electrons. The van der Waals surface area contributed by atoms with Gasteiger partial charge in [-0.05, 0) is 30.5 Å². The van der Waals surface area contributed by atoms with Gasteiger partial charge >= 0.3 is 5.97 Å². The van der Waals surface area contributed by atoms with Gasteiger partial charge in [0.2, 0.25) is 0 Å². The van der Waals surface area contributed by atoms with Crippen LogP contribution in [0.4, 0.5) is 0 Å². The van der Waals surface area contributed by atoms with Gasteiger partial charge in [-0.15, -0.1) is 0 Å². The molecule has 3 nitrogen and oxygen atoms in total. The first-order chi connectivity index (χ1) is 8.01. The van der Waals surface area contributed by atoms with Crippen molar-refractivity contribution >= 4 is 29.4 Å². The fourth-order valence-electron chi connectivity index (χ4n) is 1.64. The van der Waals surface area contributed by atoms with Crippen molar-refractivity contribution in [1.29, 1.82) is 0 Å². The lowest BCUT2D eigenvalue weighted by Gasteiger charge is -2.17. The predicted octanol–water partition coefficient (Wildman–Crippen LogP) is 2.96. The van der Waals surface area contributed by atoms with Gasteiger partial charge in [0.1, 0.15) is 0 Å². The van der Waals surface area contributed by atoms with Gasteiger partial charge in [-0.25, -0.2) is 4.79 Å². The van der Waals surface area contributed by atoms with Crippen molar-refractivity contribution in [3.8, 4) is 0 Å². The van der Waals surface area contributed by atoms with E-state index in [1.165, 1.54) is 14.6 Å². The summed E-state index contributed by atoms with van der Waals surface area (Å²) in [6.07, 6.45) is -0.699. The lowest BCUT2D eigenvalue weighted by atomic mass is 10.0. The number of methoxy groups -OCH3 is 1. The summed E-state index contributed by atoms with van der Waals surface area (Å²) in [7, 11) is 2.85. The molecule has 1 unspecified atom stereocenters. The fraction of sp³-hybridized carbons (Fsp3) is 0.417. The molecule has 1 aromatic carbocycles. The van der Waals surface area contributed by atoms with Crippen LogP contribution in [0.15, 0.2) is 16.6 Å². The molecule has 5 heteroatoms. The van der Waals surface area contributed by atoms with Crippen LogP contribution in [-0.4, -0.2) is 20.6 Å². The molecule has 0 aliphatic rings. The van der Waals surface area contributed by atoms with E-state index in [1.54, 1.807) is 6.82 Å². The Morgan fingerprint density at radius 1 is 1.35 bits per heavy atom. The van der Waals surface area contributed by atoms with Crippen molar-refractivity contribution in [2.45, 2.75) is 26.8 Å². The number of ether oxygens (including phenoxy) is 1. The number of hydrogen-bond donors (Lipinski definition) is 0. The van der Waals surface area contributed by atoms with Gasteiger partial charge in [0.05, 0.1) is 7.11 Å². The predicted molar refractivity (Wildman–Crippen MR) is 71.1 cm³/mol. The first-order valence-electron chi connectivity index (χ1n) is 5.29. The molecule has 0 fully saturated rings. The summed E-state index contributed by atoms with van der Waals surface area (Å²) in [6.45, 7) is 5.68. The molecule has 0 amide bonds. The Kier molecular flexibility index (Phi) is 5.21. The molecule has 91 valence electrons. The molecule has 1 rings (SSSR count). The van der Waals surface area contributed by atoms with Crippen LogP contribution in [0.25, 0.3) is 0 Å². The van der Waals surface area contributed by atoms with Crippen LogP contribution in [0.1, 0.15) is 22.8 Å². The first-order valence-corrected chi connectivity index (χ1v) is 6.08. The van der Waals surface area contributed by atoms with Crippen molar-refractivity contribution in [2.75, 3.05) is 7.11 Å². The van der Waals surface area contributed by atoms with Crippen molar-refractivity contribution in [3.05, 3.63) is 33.3 Å². The van der Waals surface area contributed by atoms with Gasteiger partial charge in [-0.1, -0.05) is 34.9 Å². The molecule has 0 aromatic heterocycles. The highest BCUT2D eigenvalue weighted by Gasteiger charge is 2.22. The molecule has 0 aliphatic carbocycles. The van der Waals surface area contributed by atoms with E-state index in [4.69, 9.17) is 9.39 Å². The maximum Gasteiger partial charge on any atom is 0.338 e. The summed E-state index contributed by atoms with van der Waals surface area (Å²) in [5, 5.41) is 0. The largest absolute Gasteiger partial charge is 0.467 e. The minimum Gasteiger partial charge on any atom is -0.467 e. The van der Waals surface area contributed by atoms with Crippen molar-refractivity contribution in [1.82, 2.24) is 0 Å². The second kappa shape index (κ2) is 6.22. The minimum absolute atomic E-state index is 0.399. The van der Waals surface area contributed by atoms with E-state index in [9.17, 15) is 4.79 Å². The molecule has 0 heterocycles. The lowest BCUT2D eigenvalue weighted by Crippen LogP contribution is -2.19. The van der Waals surface area contributed by atoms with Crippen LogP contribution in [-0.2, 0) is 14.2 Å². The summed E-state index contributed by atoms with van der Waals surface area (Å²) in [5.74, 6) is -0.399. The second-order valence-electron chi connectivity index (χ2n) is 3.74. The number of hydrogen-bond acceptors (Lipinski definition) is 3. The minimum atomic E-state index is -0.699. The Morgan fingerprint density at radius 2 is 1.88 bits per heavy atom. The third-order valence-corrected chi connectivity index (χ3v) is 3.70. The monoisotopic (exact) mass is 297 g/mol. The van der Waals surface area contributed by atoms with Crippen molar-refractivity contribution < 1.29 is 14.2 Å². The van der Waals surface area contributed by atoms with Crippen LogP contribution >= 0.6 is 15.9 Å². The highest BCUT2D eigenvalue weighted by molar-refractivity contribution is 9.10. The number of esters is 1. The van der Waals surface area contributed by atoms with E-state index >= 15 is 0 Å². The van der Waals surface area contributed by atoms with Gasteiger partial charge in [0, 0.05) is 4.47 Å². The quantitative estimate of drug-likeness (QED) is 0.633. The van der Waals surface area contributed by atoms with Crippen LogP contribution in [0.2, 0.25) is 6.82 Å². The molecule has 0 bridgehead atoms. The van der Waals surface area contributed by atoms with E-state index in [-0.39, 0.29) is 0 Å². The van der Waals surface area contributed by atoms with Gasteiger partial charge in [0.15, 0.2) is 6.10 Å². The number of rotatable bonds is 4. The second-order valence-corrected chi connectivity index (χ2v) is 4.54. The average Bonchev–Trinajstić information content (AvgIpc) is 2.31. The number of halogens is 1. The Balaban J connectivity index is 3.14. The summed E-state index contributed by atoms with van der Waals surface area (Å²) in [5.41, 5.74) is 2.93. The molecular formula is C12H15BBrO3. The van der Waals surface area contributed by atoms with Crippen molar-refractivity contribution in [2.24, 2.45) is 0 Å². The van der Waals surface area contributed by atoms with E-state index in [0.29, 0.717) is 0 Å². The standard InChI is InChI=1S/C12H15BBrO3/c1-7-5-9(6-8(2)10(7)14)11(17-13-3)12(15)16-4/h5-6,11H,1-4H3. The summed E-state index contributed by atoms with van der Waals surface area (Å²) in [6, 6.07) is 3.84. The first kappa shape index (κ1) is 14.3. The highest BCUT2D eigenvalue weighted by Crippen LogP contribution is 2.27. The molecule has 17 heavy (non-hydrogen) atoms. The maximum absolute atomic E-state index is 11.6. The maximum atomic E-state index is 11.6. The molecule has 0 saturated heterocycles. The highest BCUT2D eigenvalue weighted by atomic mass is 79.9. The van der Waals surface area contributed by atoms with Gasteiger partial charge in [-0.2, -0.15) is 0 Å². The molecule has 1 aromatic rings. The Labute approximate surface area is 111 Å². The van der Waals surface area contributed by atoms with E-state index in [0.717, 1.165) is 21.2 Å². The lowest BCUT2D eigenvalue weighted by molar-refractivity contribution is -0.149. The average molecular weight is 298 g/mol. The normalized spacial score (nSPS) is 12.1. The number of carbonyl (C=O) groups excluding carboxylic acids is 1. The third-order valence-electron chi connectivity index (χ3n) is 2.45. The SMILES string of the molecule is C[B]OC(C(=O)OC)c1cc(C)c(Br)c(C)c1. The van der Waals surface area contributed by atoms with Crippen LogP contribution in [0, 0.1) is 13.8 Å². The zero-order valence-electron chi connectivity index (χ0n) is 10.4. The Morgan fingerprint density at radius 3 is 2.29 bits per heavy atom. The van der Waals surface area contributed by atoms with Gasteiger partial charge in [0.25, 0.3) is 7.48 Å². The van der Waals surface area contributed by atoms with Crippen molar-refractivity contribution in [3.63, 3.8) is 0 Å². The van der Waals surface area contributed by atoms with Gasteiger partial charge < -0.3 is 9.39 Å². The number of aryl methyl sites for hydroxylation is 2. The van der Waals surface area contributed by atoms with E-state index in [1.807, 2.05) is 26.0 Å². The van der Waals surface area contributed by atoms with E-state index in [2.05, 4.69) is 15.9 Å². The van der Waals surface area contributed by atoms with Gasteiger partial charge in [-0.3, -0.25) is 0 Å². The van der Waals surface area contributed by atoms with E-state index < -0.39 is 12.1 Å². The molecule has 0 saturated carbocycles. The summed E-state index contributed by atoms with van der Waals surface area (Å²) >= 11 is 3.49. The number of benzene rings is 1. The third kappa shape index (κ3) is 3.33. The zero-order valence-corrected chi connectivity index (χ0v) is 12.0. The molecule has 1 atom stereocenters. The smallest absolute Gasteiger partial charge is 0.338 e. The molecule has 0 N–H and O–H groups in total. The summed E-state index contributed by atoms with van der Waals surface area (Å²) < 4.78 is 11.1. The zero-order chi connectivity index (χ0) is 13.0. The molecular weight excluding hydrogens is 283 g/mol. The molecule has 0 spiro atoms. The fourth-order valence-corrected chi connectivity index (χ4v) is 1.87. The number of carbonyl (C=O) groups is 1. The van der Waals surface area contributed by atoms with Crippen LogP contribution < -0.4 is 0 Å². The molecule has 0 aliphatic heterocycles. The Bertz CT molecular complexity index is 397. The Hall–Kier alpha value is -0.805. The topological polar surface area (TPSA) is 35.5 Å².